The lowest BCUT2D eigenvalue weighted by molar-refractivity contribution is 0.103. The van der Waals surface area contributed by atoms with E-state index in [0.29, 0.717) is 0 Å². The summed E-state index contributed by atoms with van der Waals surface area (Å²) in [6.07, 6.45) is 3.66. The molecule has 0 aliphatic carbocycles. The number of hydrogen-bond donors (Lipinski definition) is 0. The van der Waals surface area contributed by atoms with Crippen molar-refractivity contribution in [3.05, 3.63) is 0 Å². The van der Waals surface area contributed by atoms with Gasteiger partial charge in [-0.25, -0.2) is 0 Å². The topological polar surface area (TPSA) is 15.7 Å². The molecule has 3 nitrogen and oxygen atoms in total. The highest BCUT2D eigenvalue weighted by Gasteiger charge is 2.13. The summed E-state index contributed by atoms with van der Waals surface area (Å²) < 4.78 is 5.62. The minimum absolute atomic E-state index is 0.750. The van der Waals surface area contributed by atoms with Crippen molar-refractivity contribution in [2.45, 2.75) is 26.2 Å². The van der Waals surface area contributed by atoms with Gasteiger partial charge >= 0.3 is 0 Å². The van der Waals surface area contributed by atoms with Crippen molar-refractivity contribution < 1.29 is 4.74 Å². The summed E-state index contributed by atoms with van der Waals surface area (Å²) in [6.45, 7) is 10.8. The fourth-order valence-electron chi connectivity index (χ4n) is 2.13. The van der Waals surface area contributed by atoms with Crippen LogP contribution in [0.25, 0.3) is 0 Å². The van der Waals surface area contributed by atoms with Crippen LogP contribution in [0.2, 0.25) is 0 Å². The molecule has 0 N–H and O–H groups in total. The molecule has 1 fully saturated rings. The van der Waals surface area contributed by atoms with Gasteiger partial charge in [-0.05, 0) is 25.9 Å². The van der Waals surface area contributed by atoms with E-state index in [9.17, 15) is 0 Å². The number of ether oxygens (including phenoxy) is 1. The zero-order valence-electron chi connectivity index (χ0n) is 11.2. The van der Waals surface area contributed by atoms with Gasteiger partial charge in [0.2, 0.25) is 0 Å². The molecule has 0 spiro atoms. The van der Waals surface area contributed by atoms with Crippen molar-refractivity contribution >= 4 is 11.6 Å². The third-order valence-electron chi connectivity index (χ3n) is 3.28. The van der Waals surface area contributed by atoms with Crippen LogP contribution in [-0.4, -0.2) is 68.2 Å². The molecule has 0 aromatic carbocycles. The Morgan fingerprint density at radius 1 is 1.00 bits per heavy atom. The largest absolute Gasteiger partial charge is 0.380 e. The predicted molar refractivity (Wildman–Crippen MR) is 73.9 cm³/mol. The Labute approximate surface area is 111 Å². The normalized spacial score (nSPS) is 19.4. The second-order valence-electron chi connectivity index (χ2n) is 4.69. The first-order chi connectivity index (χ1) is 8.36. The Morgan fingerprint density at radius 3 is 2.35 bits per heavy atom. The van der Waals surface area contributed by atoms with Gasteiger partial charge in [0.05, 0.1) is 6.61 Å². The number of rotatable bonds is 8. The summed E-state index contributed by atoms with van der Waals surface area (Å²) in [5.74, 6) is 0.750. The van der Waals surface area contributed by atoms with E-state index < -0.39 is 0 Å². The van der Waals surface area contributed by atoms with E-state index in [1.807, 2.05) is 0 Å². The van der Waals surface area contributed by atoms with E-state index in [4.69, 9.17) is 16.3 Å². The summed E-state index contributed by atoms with van der Waals surface area (Å²) in [6, 6.07) is 0. The van der Waals surface area contributed by atoms with Crippen LogP contribution in [0, 0.1) is 0 Å². The van der Waals surface area contributed by atoms with Crippen LogP contribution in [0.1, 0.15) is 26.2 Å². The summed E-state index contributed by atoms with van der Waals surface area (Å²) in [5.41, 5.74) is 0. The van der Waals surface area contributed by atoms with Gasteiger partial charge in [0.15, 0.2) is 0 Å². The molecule has 0 amide bonds. The average Bonchev–Trinajstić information content (AvgIpc) is 2.55. The van der Waals surface area contributed by atoms with Crippen molar-refractivity contribution in [1.29, 1.82) is 0 Å². The highest BCUT2D eigenvalue weighted by molar-refractivity contribution is 6.18. The van der Waals surface area contributed by atoms with Gasteiger partial charge in [-0.2, -0.15) is 0 Å². The Hall–Kier alpha value is 0.170. The van der Waals surface area contributed by atoms with E-state index in [1.165, 1.54) is 32.4 Å². The molecule has 1 rings (SSSR count). The zero-order valence-corrected chi connectivity index (χ0v) is 11.9. The second-order valence-corrected chi connectivity index (χ2v) is 5.07. The van der Waals surface area contributed by atoms with Crippen LogP contribution in [0.15, 0.2) is 0 Å². The minimum atomic E-state index is 0.750. The van der Waals surface area contributed by atoms with E-state index in [-0.39, 0.29) is 0 Å². The first kappa shape index (κ1) is 15.2. The van der Waals surface area contributed by atoms with Crippen molar-refractivity contribution in [3.8, 4) is 0 Å². The monoisotopic (exact) mass is 262 g/mol. The van der Waals surface area contributed by atoms with Gasteiger partial charge < -0.3 is 9.64 Å². The van der Waals surface area contributed by atoms with E-state index in [2.05, 4.69) is 16.7 Å². The Balaban J connectivity index is 2.05. The summed E-state index contributed by atoms with van der Waals surface area (Å²) >= 11 is 5.78. The molecule has 0 unspecified atom stereocenters. The molecule has 0 saturated carbocycles. The van der Waals surface area contributed by atoms with Crippen molar-refractivity contribution in [1.82, 2.24) is 9.80 Å². The van der Waals surface area contributed by atoms with E-state index >= 15 is 0 Å². The Kier molecular flexibility index (Phi) is 9.07. The molecule has 0 radical (unpaired) electrons. The van der Waals surface area contributed by atoms with E-state index in [0.717, 1.165) is 45.3 Å². The molecule has 0 aromatic rings. The average molecular weight is 263 g/mol. The van der Waals surface area contributed by atoms with Crippen LogP contribution < -0.4 is 0 Å². The lowest BCUT2D eigenvalue weighted by atomic mass is 10.3. The predicted octanol–water partition coefficient (Wildman–Crippen LogP) is 2.05. The molecule has 0 aromatic heterocycles. The maximum absolute atomic E-state index is 5.78. The van der Waals surface area contributed by atoms with Crippen molar-refractivity contribution in [3.63, 3.8) is 0 Å². The summed E-state index contributed by atoms with van der Waals surface area (Å²) in [7, 11) is 0. The third kappa shape index (κ3) is 7.24. The van der Waals surface area contributed by atoms with Gasteiger partial charge in [-0.15, -0.1) is 11.6 Å². The molecule has 1 aliphatic heterocycles. The smallest absolute Gasteiger partial charge is 0.0593 e. The summed E-state index contributed by atoms with van der Waals surface area (Å²) in [4.78, 5) is 4.98. The lowest BCUT2D eigenvalue weighted by Crippen LogP contribution is -2.33. The van der Waals surface area contributed by atoms with Gasteiger partial charge in [-0.1, -0.05) is 13.3 Å². The van der Waals surface area contributed by atoms with Crippen molar-refractivity contribution in [2.75, 3.05) is 58.4 Å². The molecule has 17 heavy (non-hydrogen) atoms. The minimum Gasteiger partial charge on any atom is -0.380 e. The van der Waals surface area contributed by atoms with Gasteiger partial charge in [0.1, 0.15) is 0 Å². The second kappa shape index (κ2) is 10.1. The van der Waals surface area contributed by atoms with Gasteiger partial charge in [0.25, 0.3) is 0 Å². The molecule has 0 atom stereocenters. The van der Waals surface area contributed by atoms with Crippen LogP contribution in [0.5, 0.6) is 0 Å². The van der Waals surface area contributed by atoms with Crippen LogP contribution >= 0.6 is 11.6 Å². The number of hydrogen-bond acceptors (Lipinski definition) is 3. The molecule has 0 bridgehead atoms. The standard InChI is InChI=1S/C13H27ClN2O/c1-2-3-12-17-13-11-16-7-4-6-15(8-5-14)9-10-16/h2-13H2,1H3. The van der Waals surface area contributed by atoms with Gasteiger partial charge in [0, 0.05) is 38.7 Å². The lowest BCUT2D eigenvalue weighted by Gasteiger charge is -2.21. The molecular weight excluding hydrogens is 236 g/mol. The van der Waals surface area contributed by atoms with Crippen molar-refractivity contribution in [2.24, 2.45) is 0 Å². The zero-order chi connectivity index (χ0) is 12.3. The first-order valence-corrected chi connectivity index (χ1v) is 7.48. The quantitative estimate of drug-likeness (QED) is 0.492. The van der Waals surface area contributed by atoms with E-state index in [1.54, 1.807) is 0 Å². The molecule has 1 aliphatic rings. The van der Waals surface area contributed by atoms with Crippen LogP contribution in [0.4, 0.5) is 0 Å². The molecular formula is C13H27ClN2O. The number of unbranched alkanes of at least 4 members (excludes halogenated alkanes) is 1. The fourth-order valence-corrected chi connectivity index (χ4v) is 2.37. The third-order valence-corrected chi connectivity index (χ3v) is 3.44. The highest BCUT2D eigenvalue weighted by atomic mass is 35.5. The maximum Gasteiger partial charge on any atom is 0.0593 e. The fraction of sp³-hybridized carbons (Fsp3) is 1.00. The Morgan fingerprint density at radius 2 is 1.71 bits per heavy atom. The number of nitrogens with zero attached hydrogens (tertiary/aromatic N) is 2. The first-order valence-electron chi connectivity index (χ1n) is 6.95. The summed E-state index contributed by atoms with van der Waals surface area (Å²) in [5, 5.41) is 0. The Bertz CT molecular complexity index is 181. The van der Waals surface area contributed by atoms with Gasteiger partial charge in [-0.3, -0.25) is 4.90 Å². The maximum atomic E-state index is 5.78. The molecule has 1 saturated heterocycles. The number of halogens is 1. The molecule has 4 heteroatoms. The highest BCUT2D eigenvalue weighted by Crippen LogP contribution is 2.03. The molecule has 1 heterocycles. The number of alkyl halides is 1. The van der Waals surface area contributed by atoms with Crippen LogP contribution in [-0.2, 0) is 4.74 Å². The SMILES string of the molecule is CCCCOCCN1CCCN(CCCl)CC1. The van der Waals surface area contributed by atoms with Crippen LogP contribution in [0.3, 0.4) is 0 Å². The molecule has 102 valence electrons.